The summed E-state index contributed by atoms with van der Waals surface area (Å²) in [6, 6.07) is 5.44. The van der Waals surface area contributed by atoms with Crippen molar-refractivity contribution in [1.82, 2.24) is 0 Å². The maximum Gasteiger partial charge on any atom is 0.525 e. The first kappa shape index (κ1) is 18.9. The minimum atomic E-state index is -1.28. The zero-order valence-corrected chi connectivity index (χ0v) is 14.4. The summed E-state index contributed by atoms with van der Waals surface area (Å²) in [4.78, 5) is 13.0. The van der Waals surface area contributed by atoms with Gasteiger partial charge in [-0.05, 0) is 44.4 Å². The Labute approximate surface area is 144 Å². The van der Waals surface area contributed by atoms with Gasteiger partial charge in [-0.2, -0.15) is 0 Å². The molecule has 0 aromatic heterocycles. The summed E-state index contributed by atoms with van der Waals surface area (Å²) < 4.78 is 26.4. The first-order valence-electron chi connectivity index (χ1n) is 7.59. The summed E-state index contributed by atoms with van der Waals surface area (Å²) >= 11 is 0. The van der Waals surface area contributed by atoms with E-state index in [1.54, 1.807) is 27.7 Å². The highest BCUT2D eigenvalue weighted by Gasteiger charge is 2.53. The van der Waals surface area contributed by atoms with Crippen LogP contribution in [0.25, 0.3) is 16.0 Å². The fourth-order valence-corrected chi connectivity index (χ4v) is 2.30. The van der Waals surface area contributed by atoms with Gasteiger partial charge in [-0.1, -0.05) is 17.2 Å². The zero-order chi connectivity index (χ0) is 18.8. The molecule has 132 valence electrons. The molecule has 1 aromatic rings. The Morgan fingerprint density at radius 3 is 2.48 bits per heavy atom. The van der Waals surface area contributed by atoms with Crippen LogP contribution in [0.15, 0.2) is 35.1 Å². The van der Waals surface area contributed by atoms with Crippen LogP contribution >= 0.6 is 0 Å². The highest BCUT2D eigenvalue weighted by atomic mass is 19.1. The molecule has 1 aromatic carbocycles. The Morgan fingerprint density at radius 2 is 1.96 bits per heavy atom. The summed E-state index contributed by atoms with van der Waals surface area (Å²) in [6.07, 6.45) is 0. The second-order valence-corrected chi connectivity index (χ2v) is 6.61. The monoisotopic (exact) mass is 348 g/mol. The van der Waals surface area contributed by atoms with Crippen molar-refractivity contribution < 1.29 is 18.6 Å². The third-order valence-corrected chi connectivity index (χ3v) is 4.45. The van der Waals surface area contributed by atoms with Crippen LogP contribution in [0.3, 0.4) is 0 Å². The Kier molecular flexibility index (Phi) is 5.17. The Hall–Kier alpha value is -2.42. The van der Waals surface area contributed by atoms with Gasteiger partial charge in [0.25, 0.3) is 5.69 Å². The maximum atomic E-state index is 15.1. The molecule has 0 radical (unpaired) electrons. The van der Waals surface area contributed by atoms with Gasteiger partial charge in [-0.3, -0.25) is 10.1 Å². The highest BCUT2D eigenvalue weighted by molar-refractivity contribution is 6.55. The average Bonchev–Trinajstić information content (AvgIpc) is 2.76. The molecule has 0 aliphatic carbocycles. The van der Waals surface area contributed by atoms with E-state index in [4.69, 9.17) is 14.8 Å². The van der Waals surface area contributed by atoms with E-state index < -0.39 is 29.0 Å². The maximum absolute atomic E-state index is 15.1. The van der Waals surface area contributed by atoms with Crippen molar-refractivity contribution in [3.63, 3.8) is 0 Å². The lowest BCUT2D eigenvalue weighted by Gasteiger charge is -2.32. The first-order chi connectivity index (χ1) is 11.6. The highest BCUT2D eigenvalue weighted by Crippen LogP contribution is 2.40. The van der Waals surface area contributed by atoms with E-state index >= 15 is 4.39 Å². The van der Waals surface area contributed by atoms with Gasteiger partial charge in [0.1, 0.15) is 5.73 Å². The van der Waals surface area contributed by atoms with E-state index in [1.165, 1.54) is 24.3 Å². The van der Waals surface area contributed by atoms with Crippen LogP contribution in [-0.4, -0.2) is 29.8 Å². The number of rotatable bonds is 5. The Balaban J connectivity index is 2.49. The second kappa shape index (κ2) is 6.83. The minimum Gasteiger partial charge on any atom is -0.398 e. The standard InChI is InChI=1S/C15H18BFN4O4/c1-14(2)15(3,4)25-16(24-14)13(17)12(9-19-20-18)10-6-5-7-11(8-10)21(22)23/h5-8H,9H2,1-4H3. The topological polar surface area (TPSA) is 110 Å². The van der Waals surface area contributed by atoms with E-state index in [-0.39, 0.29) is 23.4 Å². The van der Waals surface area contributed by atoms with Crippen molar-refractivity contribution in [3.8, 4) is 0 Å². The SMILES string of the molecule is CC1(C)OB(C(F)=C(CN=[N+]=[N-])c2cccc([N+](=O)[O-])c2)OC1(C)C. The molecule has 0 spiro atoms. The summed E-state index contributed by atoms with van der Waals surface area (Å²) in [5.41, 5.74) is 6.31. The van der Waals surface area contributed by atoms with E-state index in [0.717, 1.165) is 0 Å². The fourth-order valence-electron chi connectivity index (χ4n) is 2.30. The molecular formula is C15H18BFN4O4. The number of azide groups is 1. The summed E-state index contributed by atoms with van der Waals surface area (Å²) in [5, 5.41) is 14.3. The van der Waals surface area contributed by atoms with Crippen LogP contribution in [0.4, 0.5) is 10.1 Å². The lowest BCUT2D eigenvalue weighted by molar-refractivity contribution is -0.384. The van der Waals surface area contributed by atoms with Crippen molar-refractivity contribution in [1.29, 1.82) is 0 Å². The van der Waals surface area contributed by atoms with Gasteiger partial charge in [-0.15, -0.1) is 0 Å². The number of hydrogen-bond acceptors (Lipinski definition) is 5. The largest absolute Gasteiger partial charge is 0.525 e. The Morgan fingerprint density at radius 1 is 1.36 bits per heavy atom. The molecular weight excluding hydrogens is 330 g/mol. The first-order valence-corrected chi connectivity index (χ1v) is 7.59. The number of nitro groups is 1. The fraction of sp³-hybridized carbons (Fsp3) is 0.467. The quantitative estimate of drug-likeness (QED) is 0.198. The third kappa shape index (κ3) is 3.82. The molecule has 1 heterocycles. The van der Waals surface area contributed by atoms with Gasteiger partial charge >= 0.3 is 7.12 Å². The average molecular weight is 348 g/mol. The number of nitro benzene ring substituents is 1. The normalized spacial score (nSPS) is 19.2. The van der Waals surface area contributed by atoms with Crippen molar-refractivity contribution in [2.24, 2.45) is 5.11 Å². The number of non-ortho nitro benzene ring substituents is 1. The van der Waals surface area contributed by atoms with Crippen LogP contribution in [0.5, 0.6) is 0 Å². The van der Waals surface area contributed by atoms with Crippen molar-refractivity contribution >= 4 is 18.4 Å². The molecule has 0 saturated carbocycles. The summed E-state index contributed by atoms with van der Waals surface area (Å²) in [6.45, 7) is 6.79. The van der Waals surface area contributed by atoms with Crippen molar-refractivity contribution in [3.05, 3.63) is 56.1 Å². The minimum absolute atomic E-state index is 0.0139. The predicted molar refractivity (Wildman–Crippen MR) is 91.2 cm³/mol. The number of halogens is 1. The van der Waals surface area contributed by atoms with Gasteiger partial charge in [0.2, 0.25) is 0 Å². The lowest BCUT2D eigenvalue weighted by Crippen LogP contribution is -2.41. The number of benzene rings is 1. The molecule has 8 nitrogen and oxygen atoms in total. The Bertz CT molecular complexity index is 759. The van der Waals surface area contributed by atoms with Gasteiger partial charge in [0.05, 0.1) is 22.7 Å². The number of nitrogens with zero attached hydrogens (tertiary/aromatic N) is 4. The van der Waals surface area contributed by atoms with E-state index in [1.807, 2.05) is 0 Å². The van der Waals surface area contributed by atoms with E-state index in [0.29, 0.717) is 0 Å². The molecule has 0 bridgehead atoms. The van der Waals surface area contributed by atoms with Crippen LogP contribution in [0.2, 0.25) is 0 Å². The number of hydrogen-bond donors (Lipinski definition) is 0. The van der Waals surface area contributed by atoms with E-state index in [2.05, 4.69) is 10.0 Å². The molecule has 0 unspecified atom stereocenters. The van der Waals surface area contributed by atoms with Crippen molar-refractivity contribution in [2.45, 2.75) is 38.9 Å². The second-order valence-electron chi connectivity index (χ2n) is 6.61. The van der Waals surface area contributed by atoms with Gasteiger partial charge < -0.3 is 9.31 Å². The molecule has 0 N–H and O–H groups in total. The summed E-state index contributed by atoms with van der Waals surface area (Å²) in [7, 11) is -1.28. The molecule has 1 aliphatic heterocycles. The van der Waals surface area contributed by atoms with Gasteiger partial charge in [-0.25, -0.2) is 4.39 Å². The lowest BCUT2D eigenvalue weighted by atomic mass is 9.82. The predicted octanol–water partition coefficient (Wildman–Crippen LogP) is 4.22. The van der Waals surface area contributed by atoms with Gasteiger partial charge in [0, 0.05) is 17.0 Å². The zero-order valence-electron chi connectivity index (χ0n) is 14.4. The van der Waals surface area contributed by atoms with Crippen LogP contribution < -0.4 is 0 Å². The van der Waals surface area contributed by atoms with Crippen LogP contribution in [0.1, 0.15) is 33.3 Å². The summed E-state index contributed by atoms with van der Waals surface area (Å²) in [5.74, 6) is 0. The molecule has 2 rings (SSSR count). The third-order valence-electron chi connectivity index (χ3n) is 4.45. The smallest absolute Gasteiger partial charge is 0.398 e. The van der Waals surface area contributed by atoms with Crippen LogP contribution in [-0.2, 0) is 9.31 Å². The molecule has 10 heteroatoms. The molecule has 0 amide bonds. The van der Waals surface area contributed by atoms with E-state index in [9.17, 15) is 10.1 Å². The molecule has 25 heavy (non-hydrogen) atoms. The molecule has 0 atom stereocenters. The van der Waals surface area contributed by atoms with Gasteiger partial charge in [0.15, 0.2) is 0 Å². The molecule has 1 aliphatic rings. The van der Waals surface area contributed by atoms with Crippen molar-refractivity contribution in [2.75, 3.05) is 6.54 Å². The molecule has 1 fully saturated rings. The van der Waals surface area contributed by atoms with Crippen LogP contribution in [0, 0.1) is 10.1 Å². The molecule has 1 saturated heterocycles.